The number of aromatic amines is 1. The third-order valence-corrected chi connectivity index (χ3v) is 4.36. The molecule has 1 spiro atoms. The van der Waals surface area contributed by atoms with Gasteiger partial charge < -0.3 is 15.4 Å². The molecule has 0 unspecified atom stereocenters. The lowest BCUT2D eigenvalue weighted by molar-refractivity contribution is 0.264. The Morgan fingerprint density at radius 1 is 1.61 bits per heavy atom. The summed E-state index contributed by atoms with van der Waals surface area (Å²) in [5, 5.41) is 9.18. The number of aromatic nitrogens is 4. The predicted octanol–water partition coefficient (Wildman–Crippen LogP) is -0.355. The molecule has 2 aliphatic carbocycles. The fourth-order valence-corrected chi connectivity index (χ4v) is 3.15. The van der Waals surface area contributed by atoms with Crippen molar-refractivity contribution in [3.05, 3.63) is 16.7 Å². The number of nitrogen functional groups attached to an aromatic ring is 1. The Balaban J connectivity index is 1.82. The van der Waals surface area contributed by atoms with Gasteiger partial charge in [-0.15, -0.1) is 0 Å². The van der Waals surface area contributed by atoms with Gasteiger partial charge in [0, 0.05) is 12.6 Å². The smallest absolute Gasteiger partial charge is 0.280 e. The van der Waals surface area contributed by atoms with Crippen molar-refractivity contribution >= 4 is 17.1 Å². The zero-order valence-corrected chi connectivity index (χ0v) is 9.63. The van der Waals surface area contributed by atoms with E-state index < -0.39 is 0 Å². The number of hydrogen-bond acceptors (Lipinski definition) is 5. The van der Waals surface area contributed by atoms with Gasteiger partial charge in [0.25, 0.3) is 5.56 Å². The third-order valence-electron chi connectivity index (χ3n) is 4.36. The van der Waals surface area contributed by atoms with Crippen LogP contribution in [0, 0.1) is 11.3 Å². The molecule has 2 aromatic rings. The van der Waals surface area contributed by atoms with E-state index in [9.17, 15) is 9.90 Å². The van der Waals surface area contributed by atoms with Crippen molar-refractivity contribution in [1.29, 1.82) is 0 Å². The molecule has 0 radical (unpaired) electrons. The molecule has 0 aliphatic heterocycles. The van der Waals surface area contributed by atoms with E-state index in [0.29, 0.717) is 23.1 Å². The lowest BCUT2D eigenvalue weighted by atomic mass is 10.3. The van der Waals surface area contributed by atoms with Gasteiger partial charge in [0.05, 0.1) is 6.33 Å². The van der Waals surface area contributed by atoms with Crippen LogP contribution in [0.25, 0.3) is 11.2 Å². The second kappa shape index (κ2) is 2.92. The molecular formula is C11H13N5O2. The summed E-state index contributed by atoms with van der Waals surface area (Å²) in [6, 6.07) is 0.299. The van der Waals surface area contributed by atoms with Crippen LogP contribution in [0.1, 0.15) is 18.9 Å². The zero-order chi connectivity index (χ0) is 12.5. The molecule has 94 valence electrons. The molecule has 2 aliphatic rings. The molecular weight excluding hydrogens is 234 g/mol. The SMILES string of the molecule is Nc1nc2c(ncn2[C@H]2C[C@]23C[C@@H]3CO)c(=O)[nH]1. The van der Waals surface area contributed by atoms with E-state index in [2.05, 4.69) is 15.0 Å². The Morgan fingerprint density at radius 3 is 3.17 bits per heavy atom. The van der Waals surface area contributed by atoms with E-state index in [4.69, 9.17) is 5.73 Å². The number of rotatable bonds is 2. The molecule has 2 fully saturated rings. The number of nitrogens with two attached hydrogens (primary N) is 1. The molecule has 4 N–H and O–H groups in total. The quantitative estimate of drug-likeness (QED) is 0.671. The second-order valence-corrected chi connectivity index (χ2v) is 5.31. The minimum atomic E-state index is -0.305. The number of aliphatic hydroxyl groups is 1. The van der Waals surface area contributed by atoms with Crippen molar-refractivity contribution in [1.82, 2.24) is 19.5 Å². The van der Waals surface area contributed by atoms with Crippen LogP contribution in [-0.4, -0.2) is 31.2 Å². The fourth-order valence-electron chi connectivity index (χ4n) is 3.15. The number of H-pyrrole nitrogens is 1. The highest BCUT2D eigenvalue weighted by molar-refractivity contribution is 5.71. The first-order valence-corrected chi connectivity index (χ1v) is 5.99. The average molecular weight is 247 g/mol. The summed E-state index contributed by atoms with van der Waals surface area (Å²) in [6.07, 6.45) is 3.73. The Kier molecular flexibility index (Phi) is 1.63. The highest BCUT2D eigenvalue weighted by atomic mass is 16.3. The standard InChI is InChI=1S/C11H13N5O2/c12-10-14-8-7(9(18)15-10)13-4-16(8)6-2-11(6)1-5(11)3-17/h4-6,17H,1-3H2,(H3,12,14,15,18)/t5-,6+,11+/m1/s1. The van der Waals surface area contributed by atoms with Crippen molar-refractivity contribution in [3.63, 3.8) is 0 Å². The lowest BCUT2D eigenvalue weighted by Crippen LogP contribution is -2.12. The number of imidazole rings is 1. The van der Waals surface area contributed by atoms with Crippen LogP contribution in [0.4, 0.5) is 5.95 Å². The maximum Gasteiger partial charge on any atom is 0.280 e. The minimum absolute atomic E-state index is 0.110. The van der Waals surface area contributed by atoms with E-state index >= 15 is 0 Å². The number of hydrogen-bond donors (Lipinski definition) is 3. The summed E-state index contributed by atoms with van der Waals surface area (Å²) in [5.41, 5.74) is 6.35. The number of fused-ring (bicyclic) bond motifs is 1. The molecule has 2 saturated carbocycles. The first-order valence-electron chi connectivity index (χ1n) is 5.99. The average Bonchev–Trinajstić information content (AvgIpc) is 3.18. The summed E-state index contributed by atoms with van der Waals surface area (Å²) in [7, 11) is 0. The molecule has 7 nitrogen and oxygen atoms in total. The first-order chi connectivity index (χ1) is 8.65. The first kappa shape index (κ1) is 10.1. The van der Waals surface area contributed by atoms with Gasteiger partial charge in [0.1, 0.15) is 0 Å². The highest BCUT2D eigenvalue weighted by Gasteiger charge is 2.71. The monoisotopic (exact) mass is 247 g/mol. The lowest BCUT2D eigenvalue weighted by Gasteiger charge is -2.02. The largest absolute Gasteiger partial charge is 0.396 e. The Labute approximate surface area is 102 Å². The molecule has 2 heterocycles. The van der Waals surface area contributed by atoms with Gasteiger partial charge >= 0.3 is 0 Å². The van der Waals surface area contributed by atoms with Crippen LogP contribution < -0.4 is 11.3 Å². The van der Waals surface area contributed by atoms with Crippen molar-refractivity contribution in [2.75, 3.05) is 12.3 Å². The molecule has 0 bridgehead atoms. The van der Waals surface area contributed by atoms with Crippen LogP contribution in [0.3, 0.4) is 0 Å². The van der Waals surface area contributed by atoms with Crippen LogP contribution in [-0.2, 0) is 0 Å². The maximum absolute atomic E-state index is 11.7. The number of aliphatic hydroxyl groups excluding tert-OH is 1. The number of anilines is 1. The molecule has 0 aromatic carbocycles. The minimum Gasteiger partial charge on any atom is -0.396 e. The summed E-state index contributed by atoms with van der Waals surface area (Å²) in [5.74, 6) is 0.498. The molecule has 0 amide bonds. The maximum atomic E-state index is 11.7. The van der Waals surface area contributed by atoms with E-state index in [1.54, 1.807) is 6.33 Å². The van der Waals surface area contributed by atoms with E-state index in [1.165, 1.54) is 0 Å². The van der Waals surface area contributed by atoms with Crippen molar-refractivity contribution < 1.29 is 5.11 Å². The van der Waals surface area contributed by atoms with Crippen LogP contribution in [0.15, 0.2) is 11.1 Å². The van der Waals surface area contributed by atoms with Gasteiger partial charge in [-0.1, -0.05) is 0 Å². The van der Waals surface area contributed by atoms with Crippen molar-refractivity contribution in [2.24, 2.45) is 11.3 Å². The molecule has 3 atom stereocenters. The van der Waals surface area contributed by atoms with Crippen molar-refractivity contribution in [2.45, 2.75) is 18.9 Å². The summed E-state index contributed by atoms with van der Waals surface area (Å²) in [4.78, 5) is 22.4. The van der Waals surface area contributed by atoms with Crippen LogP contribution >= 0.6 is 0 Å². The summed E-state index contributed by atoms with van der Waals surface area (Å²) >= 11 is 0. The third kappa shape index (κ3) is 1.09. The molecule has 7 heteroatoms. The van der Waals surface area contributed by atoms with Gasteiger partial charge in [-0.2, -0.15) is 4.98 Å². The van der Waals surface area contributed by atoms with Gasteiger partial charge in [0.15, 0.2) is 11.2 Å². The normalized spacial score (nSPS) is 33.2. The Hall–Kier alpha value is -1.89. The number of nitrogens with one attached hydrogen (secondary N) is 1. The Morgan fingerprint density at radius 2 is 2.44 bits per heavy atom. The Bertz CT molecular complexity index is 705. The summed E-state index contributed by atoms with van der Waals surface area (Å²) in [6.45, 7) is 0.235. The predicted molar refractivity (Wildman–Crippen MR) is 63.8 cm³/mol. The van der Waals surface area contributed by atoms with E-state index in [1.807, 2.05) is 4.57 Å². The zero-order valence-electron chi connectivity index (χ0n) is 9.63. The van der Waals surface area contributed by atoms with Crippen LogP contribution in [0.5, 0.6) is 0 Å². The second-order valence-electron chi connectivity index (χ2n) is 5.31. The van der Waals surface area contributed by atoms with Gasteiger partial charge in [-0.25, -0.2) is 4.98 Å². The van der Waals surface area contributed by atoms with E-state index in [0.717, 1.165) is 12.8 Å². The van der Waals surface area contributed by atoms with E-state index in [-0.39, 0.29) is 23.5 Å². The van der Waals surface area contributed by atoms with Gasteiger partial charge in [-0.3, -0.25) is 9.78 Å². The summed E-state index contributed by atoms with van der Waals surface area (Å²) < 4.78 is 1.93. The van der Waals surface area contributed by atoms with Crippen LogP contribution in [0.2, 0.25) is 0 Å². The molecule has 2 aromatic heterocycles. The van der Waals surface area contributed by atoms with Gasteiger partial charge in [-0.05, 0) is 24.2 Å². The van der Waals surface area contributed by atoms with Gasteiger partial charge in [0.2, 0.25) is 5.95 Å². The topological polar surface area (TPSA) is 110 Å². The molecule has 4 rings (SSSR count). The molecule has 0 saturated heterocycles. The van der Waals surface area contributed by atoms with Crippen molar-refractivity contribution in [3.8, 4) is 0 Å². The highest BCUT2D eigenvalue weighted by Crippen LogP contribution is 2.76. The fraction of sp³-hybridized carbons (Fsp3) is 0.545. The molecule has 18 heavy (non-hydrogen) atoms. The number of nitrogens with zero attached hydrogens (tertiary/aromatic N) is 3.